The first-order valence-electron chi connectivity index (χ1n) is 5.43. The van der Waals surface area contributed by atoms with E-state index in [4.69, 9.17) is 11.1 Å². The molecule has 0 unspecified atom stereocenters. The molecule has 1 amide bonds. The third-order valence-corrected chi connectivity index (χ3v) is 2.88. The van der Waals surface area contributed by atoms with Crippen LogP contribution in [0.25, 0.3) is 0 Å². The van der Waals surface area contributed by atoms with Crippen molar-refractivity contribution < 1.29 is 4.79 Å². The third kappa shape index (κ3) is 3.09. The number of hydrogen-bond donors (Lipinski definition) is 3. The molecule has 20 heavy (non-hydrogen) atoms. The van der Waals surface area contributed by atoms with Crippen LogP contribution < -0.4 is 16.6 Å². The Balaban J connectivity index is 2.21. The van der Waals surface area contributed by atoms with Gasteiger partial charge in [-0.1, -0.05) is 15.9 Å². The number of halogens is 1. The average molecular weight is 333 g/mol. The number of hydrazine groups is 1. The SMILES string of the molecule is N#Cc1cc(Br)ccc1NC(=O)c1cnc(NN)cn1. The van der Waals surface area contributed by atoms with Crippen LogP contribution in [-0.2, 0) is 0 Å². The van der Waals surface area contributed by atoms with Gasteiger partial charge in [-0.05, 0) is 18.2 Å². The highest BCUT2D eigenvalue weighted by Crippen LogP contribution is 2.20. The third-order valence-electron chi connectivity index (χ3n) is 2.38. The van der Waals surface area contributed by atoms with Crippen molar-refractivity contribution in [1.29, 1.82) is 5.26 Å². The summed E-state index contributed by atoms with van der Waals surface area (Å²) in [6, 6.07) is 6.97. The van der Waals surface area contributed by atoms with Gasteiger partial charge in [0, 0.05) is 4.47 Å². The molecule has 0 saturated heterocycles. The van der Waals surface area contributed by atoms with Crippen molar-refractivity contribution in [2.45, 2.75) is 0 Å². The van der Waals surface area contributed by atoms with Crippen LogP contribution in [0.5, 0.6) is 0 Å². The normalized spacial score (nSPS) is 9.65. The summed E-state index contributed by atoms with van der Waals surface area (Å²) in [5, 5.41) is 11.6. The molecule has 0 aliphatic heterocycles. The van der Waals surface area contributed by atoms with Crippen molar-refractivity contribution in [3.05, 3.63) is 46.3 Å². The van der Waals surface area contributed by atoms with Crippen LogP contribution in [0.1, 0.15) is 16.1 Å². The molecule has 1 heterocycles. The van der Waals surface area contributed by atoms with Gasteiger partial charge < -0.3 is 10.7 Å². The van der Waals surface area contributed by atoms with Gasteiger partial charge in [-0.2, -0.15) is 5.26 Å². The highest BCUT2D eigenvalue weighted by atomic mass is 79.9. The highest BCUT2D eigenvalue weighted by molar-refractivity contribution is 9.10. The molecule has 2 rings (SSSR count). The van der Waals surface area contributed by atoms with E-state index in [1.807, 2.05) is 6.07 Å². The Morgan fingerprint density at radius 3 is 2.75 bits per heavy atom. The number of benzene rings is 1. The Labute approximate surface area is 122 Å². The summed E-state index contributed by atoms with van der Waals surface area (Å²) in [4.78, 5) is 19.8. The van der Waals surface area contributed by atoms with Crippen LogP contribution in [0.4, 0.5) is 11.5 Å². The second-order valence-corrected chi connectivity index (χ2v) is 4.60. The van der Waals surface area contributed by atoms with Gasteiger partial charge in [-0.3, -0.25) is 4.79 Å². The maximum absolute atomic E-state index is 12.0. The standard InChI is InChI=1S/C12H9BrN6O/c13-8-1-2-9(7(3-8)4-14)18-12(20)10-5-17-11(19-15)6-16-10/h1-3,5-6H,15H2,(H,17,19)(H,18,20). The molecular weight excluding hydrogens is 324 g/mol. The molecule has 7 nitrogen and oxygen atoms in total. The zero-order valence-electron chi connectivity index (χ0n) is 10.1. The predicted octanol–water partition coefficient (Wildman–Crippen LogP) is 1.65. The first kappa shape index (κ1) is 13.9. The zero-order chi connectivity index (χ0) is 14.5. The van der Waals surface area contributed by atoms with Crippen LogP contribution in [0, 0.1) is 11.3 Å². The molecule has 0 fully saturated rings. The van der Waals surface area contributed by atoms with Gasteiger partial charge in [-0.15, -0.1) is 0 Å². The fraction of sp³-hybridized carbons (Fsp3) is 0. The van der Waals surface area contributed by atoms with Crippen molar-refractivity contribution in [3.8, 4) is 6.07 Å². The first-order valence-corrected chi connectivity index (χ1v) is 6.23. The topological polar surface area (TPSA) is 117 Å². The van der Waals surface area contributed by atoms with E-state index in [2.05, 4.69) is 36.6 Å². The van der Waals surface area contributed by atoms with Gasteiger partial charge >= 0.3 is 0 Å². The number of amides is 1. The van der Waals surface area contributed by atoms with Crippen molar-refractivity contribution in [2.24, 2.45) is 5.84 Å². The summed E-state index contributed by atoms with van der Waals surface area (Å²) in [6.07, 6.45) is 2.62. The lowest BCUT2D eigenvalue weighted by atomic mass is 10.2. The molecule has 0 bridgehead atoms. The monoisotopic (exact) mass is 332 g/mol. The molecule has 1 aromatic carbocycles. The average Bonchev–Trinajstić information content (AvgIpc) is 2.49. The summed E-state index contributed by atoms with van der Waals surface area (Å²) in [7, 11) is 0. The van der Waals surface area contributed by atoms with E-state index in [1.54, 1.807) is 18.2 Å². The smallest absolute Gasteiger partial charge is 0.275 e. The molecule has 2 aromatic rings. The zero-order valence-corrected chi connectivity index (χ0v) is 11.7. The number of carbonyl (C=O) groups excluding carboxylic acids is 1. The lowest BCUT2D eigenvalue weighted by molar-refractivity contribution is 0.102. The van der Waals surface area contributed by atoms with E-state index >= 15 is 0 Å². The molecule has 0 spiro atoms. The van der Waals surface area contributed by atoms with E-state index < -0.39 is 5.91 Å². The number of nitrogens with one attached hydrogen (secondary N) is 2. The number of anilines is 2. The van der Waals surface area contributed by atoms with Crippen molar-refractivity contribution in [2.75, 3.05) is 10.7 Å². The number of carbonyl (C=O) groups is 1. The largest absolute Gasteiger partial charge is 0.319 e. The number of nitrogens with two attached hydrogens (primary N) is 1. The fourth-order valence-electron chi connectivity index (χ4n) is 1.42. The summed E-state index contributed by atoms with van der Waals surface area (Å²) < 4.78 is 0.755. The minimum absolute atomic E-state index is 0.121. The molecule has 0 radical (unpaired) electrons. The van der Waals surface area contributed by atoms with Crippen LogP contribution in [-0.4, -0.2) is 15.9 Å². The molecule has 4 N–H and O–H groups in total. The summed E-state index contributed by atoms with van der Waals surface area (Å²) in [5.41, 5.74) is 3.19. The maximum atomic E-state index is 12.0. The maximum Gasteiger partial charge on any atom is 0.275 e. The van der Waals surface area contributed by atoms with E-state index in [0.29, 0.717) is 17.1 Å². The van der Waals surface area contributed by atoms with Crippen LogP contribution >= 0.6 is 15.9 Å². The second-order valence-electron chi connectivity index (χ2n) is 3.69. The minimum Gasteiger partial charge on any atom is -0.319 e. The molecular formula is C12H9BrN6O. The van der Waals surface area contributed by atoms with E-state index in [-0.39, 0.29) is 5.69 Å². The second kappa shape index (κ2) is 6.10. The molecule has 0 aliphatic carbocycles. The van der Waals surface area contributed by atoms with Crippen molar-refractivity contribution in [1.82, 2.24) is 9.97 Å². The Morgan fingerprint density at radius 2 is 2.15 bits per heavy atom. The molecule has 1 aromatic heterocycles. The predicted molar refractivity (Wildman–Crippen MR) is 76.7 cm³/mol. The lowest BCUT2D eigenvalue weighted by Crippen LogP contribution is -2.16. The molecule has 8 heteroatoms. The number of rotatable bonds is 3. The molecule has 0 atom stereocenters. The van der Waals surface area contributed by atoms with Gasteiger partial charge in [0.05, 0.1) is 23.6 Å². The number of nitriles is 1. The minimum atomic E-state index is -0.458. The van der Waals surface area contributed by atoms with E-state index in [1.165, 1.54) is 12.4 Å². The van der Waals surface area contributed by atoms with Crippen molar-refractivity contribution in [3.63, 3.8) is 0 Å². The number of hydrogen-bond acceptors (Lipinski definition) is 6. The summed E-state index contributed by atoms with van der Waals surface area (Å²) >= 11 is 3.26. The quantitative estimate of drug-likeness (QED) is 0.581. The molecule has 0 aliphatic rings. The van der Waals surface area contributed by atoms with E-state index in [9.17, 15) is 4.79 Å². The Bertz CT molecular complexity index is 679. The van der Waals surface area contributed by atoms with Gasteiger partial charge in [0.1, 0.15) is 11.8 Å². The Morgan fingerprint density at radius 1 is 1.35 bits per heavy atom. The lowest BCUT2D eigenvalue weighted by Gasteiger charge is -2.07. The summed E-state index contributed by atoms with van der Waals surface area (Å²) in [6.45, 7) is 0. The number of nitrogen functional groups attached to an aromatic ring is 1. The Hall–Kier alpha value is -2.50. The first-order chi connectivity index (χ1) is 9.63. The van der Waals surface area contributed by atoms with Gasteiger partial charge in [-0.25, -0.2) is 15.8 Å². The fourth-order valence-corrected chi connectivity index (χ4v) is 1.79. The molecule has 0 saturated carbocycles. The number of nitrogens with zero attached hydrogens (tertiary/aromatic N) is 3. The Kier molecular flexibility index (Phi) is 4.24. The van der Waals surface area contributed by atoms with Crippen LogP contribution in [0.3, 0.4) is 0 Å². The van der Waals surface area contributed by atoms with Gasteiger partial charge in [0.15, 0.2) is 5.82 Å². The highest BCUT2D eigenvalue weighted by Gasteiger charge is 2.11. The van der Waals surface area contributed by atoms with Crippen molar-refractivity contribution >= 4 is 33.3 Å². The molecule has 100 valence electrons. The van der Waals surface area contributed by atoms with E-state index in [0.717, 1.165) is 4.47 Å². The van der Waals surface area contributed by atoms with Crippen LogP contribution in [0.2, 0.25) is 0 Å². The van der Waals surface area contributed by atoms with Crippen LogP contribution in [0.15, 0.2) is 35.1 Å². The van der Waals surface area contributed by atoms with Gasteiger partial charge in [0.2, 0.25) is 0 Å². The van der Waals surface area contributed by atoms with Gasteiger partial charge in [0.25, 0.3) is 5.91 Å². The summed E-state index contributed by atoms with van der Waals surface area (Å²) in [5.74, 6) is 5.05. The number of aromatic nitrogens is 2.